The molecule has 9 heteroatoms. The SMILES string of the molecule is CCCCNC(=O)N(CC(C)C)C[C@@H](O)[C@H](Cc1ccccc1)NC(=O)[C@@H](N)CC(N)=O. The first-order valence-corrected chi connectivity index (χ1v) is 11.2. The number of primary amides is 1. The van der Waals surface area contributed by atoms with Gasteiger partial charge in [-0.15, -0.1) is 0 Å². The number of unbranched alkanes of at least 4 members (excludes halogenated alkanes) is 1. The molecule has 1 aromatic rings. The Morgan fingerprint density at radius 1 is 1.12 bits per heavy atom. The number of hydrogen-bond acceptors (Lipinski definition) is 5. The predicted molar refractivity (Wildman–Crippen MR) is 125 cm³/mol. The fourth-order valence-electron chi connectivity index (χ4n) is 3.27. The van der Waals surface area contributed by atoms with Crippen molar-refractivity contribution in [2.75, 3.05) is 19.6 Å². The van der Waals surface area contributed by atoms with Gasteiger partial charge in [-0.05, 0) is 24.3 Å². The van der Waals surface area contributed by atoms with Crippen LogP contribution in [0.3, 0.4) is 0 Å². The molecule has 3 atom stereocenters. The molecule has 32 heavy (non-hydrogen) atoms. The molecule has 0 aliphatic carbocycles. The largest absolute Gasteiger partial charge is 0.389 e. The number of aliphatic hydroxyl groups excluding tert-OH is 1. The minimum Gasteiger partial charge on any atom is -0.389 e. The van der Waals surface area contributed by atoms with Crippen molar-refractivity contribution in [2.24, 2.45) is 17.4 Å². The van der Waals surface area contributed by atoms with Crippen LogP contribution >= 0.6 is 0 Å². The zero-order chi connectivity index (χ0) is 24.1. The minimum absolute atomic E-state index is 0.0407. The molecule has 7 N–H and O–H groups in total. The van der Waals surface area contributed by atoms with Gasteiger partial charge in [0, 0.05) is 13.1 Å². The standard InChI is InChI=1S/C23H39N5O4/c1-4-5-11-26-23(32)28(14-16(2)3)15-20(29)19(12-17-9-7-6-8-10-17)27-22(31)18(24)13-21(25)30/h6-10,16,18-20,29H,4-5,11-15,24H2,1-3H3,(H2,25,30)(H,26,32)(H,27,31)/t18-,19-,20+/m0/s1. The Kier molecular flexibility index (Phi) is 12.3. The summed E-state index contributed by atoms with van der Waals surface area (Å²) in [6, 6.07) is 7.32. The van der Waals surface area contributed by atoms with E-state index in [2.05, 4.69) is 10.6 Å². The highest BCUT2D eigenvalue weighted by Gasteiger charge is 2.28. The normalized spacial score (nSPS) is 13.8. The van der Waals surface area contributed by atoms with Crippen molar-refractivity contribution in [3.05, 3.63) is 35.9 Å². The van der Waals surface area contributed by atoms with Gasteiger partial charge >= 0.3 is 6.03 Å². The topological polar surface area (TPSA) is 151 Å². The second-order valence-corrected chi connectivity index (χ2v) is 8.53. The van der Waals surface area contributed by atoms with Gasteiger partial charge in [0.15, 0.2) is 0 Å². The zero-order valence-electron chi connectivity index (χ0n) is 19.4. The number of rotatable bonds is 14. The highest BCUT2D eigenvalue weighted by Crippen LogP contribution is 2.10. The van der Waals surface area contributed by atoms with Gasteiger partial charge in [-0.3, -0.25) is 9.59 Å². The van der Waals surface area contributed by atoms with Gasteiger partial charge < -0.3 is 32.1 Å². The summed E-state index contributed by atoms with van der Waals surface area (Å²) < 4.78 is 0. The number of aliphatic hydroxyl groups is 1. The van der Waals surface area contributed by atoms with Crippen molar-refractivity contribution in [3.8, 4) is 0 Å². The lowest BCUT2D eigenvalue weighted by molar-refractivity contribution is -0.127. The Bertz CT molecular complexity index is 714. The molecule has 0 fully saturated rings. The van der Waals surface area contributed by atoms with Gasteiger partial charge in [-0.25, -0.2) is 4.79 Å². The summed E-state index contributed by atoms with van der Waals surface area (Å²) in [4.78, 5) is 37.9. The van der Waals surface area contributed by atoms with E-state index < -0.39 is 30.0 Å². The number of benzene rings is 1. The summed E-state index contributed by atoms with van der Waals surface area (Å²) in [5, 5.41) is 16.6. The van der Waals surface area contributed by atoms with E-state index in [0.717, 1.165) is 18.4 Å². The maximum Gasteiger partial charge on any atom is 0.317 e. The summed E-state index contributed by atoms with van der Waals surface area (Å²) in [6.45, 7) is 7.09. The minimum atomic E-state index is -1.11. The van der Waals surface area contributed by atoms with E-state index in [1.54, 1.807) is 4.90 Å². The number of amides is 4. The van der Waals surface area contributed by atoms with Crippen LogP contribution in [0, 0.1) is 5.92 Å². The summed E-state index contributed by atoms with van der Waals surface area (Å²) in [6.07, 6.45) is 0.831. The molecule has 0 aromatic heterocycles. The predicted octanol–water partition coefficient (Wildman–Crippen LogP) is 0.745. The van der Waals surface area contributed by atoms with Crippen LogP contribution in [-0.4, -0.2) is 65.7 Å². The van der Waals surface area contributed by atoms with Crippen molar-refractivity contribution in [3.63, 3.8) is 0 Å². The first-order chi connectivity index (χ1) is 15.1. The van der Waals surface area contributed by atoms with Crippen LogP contribution in [0.2, 0.25) is 0 Å². The molecular weight excluding hydrogens is 410 g/mol. The van der Waals surface area contributed by atoms with Crippen molar-refractivity contribution in [2.45, 2.75) is 64.6 Å². The van der Waals surface area contributed by atoms with E-state index in [0.29, 0.717) is 19.5 Å². The molecule has 0 heterocycles. The lowest BCUT2D eigenvalue weighted by Gasteiger charge is -2.32. The van der Waals surface area contributed by atoms with E-state index in [-0.39, 0.29) is 24.9 Å². The summed E-state index contributed by atoms with van der Waals surface area (Å²) in [5.41, 5.74) is 11.8. The number of carbonyl (C=O) groups is 3. The number of nitrogens with two attached hydrogens (primary N) is 2. The summed E-state index contributed by atoms with van der Waals surface area (Å²) in [5.74, 6) is -1.06. The van der Waals surface area contributed by atoms with Crippen LogP contribution in [0.4, 0.5) is 4.79 Å². The molecule has 0 aliphatic rings. The average Bonchev–Trinajstić information content (AvgIpc) is 2.72. The fourth-order valence-corrected chi connectivity index (χ4v) is 3.27. The van der Waals surface area contributed by atoms with E-state index in [4.69, 9.17) is 11.5 Å². The Morgan fingerprint density at radius 3 is 2.34 bits per heavy atom. The van der Waals surface area contributed by atoms with Crippen molar-refractivity contribution < 1.29 is 19.5 Å². The quantitative estimate of drug-likeness (QED) is 0.265. The van der Waals surface area contributed by atoms with Crippen LogP contribution < -0.4 is 22.1 Å². The third kappa shape index (κ3) is 10.6. The maximum atomic E-state index is 12.7. The first-order valence-electron chi connectivity index (χ1n) is 11.2. The Morgan fingerprint density at radius 2 is 1.78 bits per heavy atom. The Balaban J connectivity index is 2.96. The molecule has 0 saturated carbocycles. The van der Waals surface area contributed by atoms with Crippen molar-refractivity contribution in [1.82, 2.24) is 15.5 Å². The molecular formula is C23H39N5O4. The van der Waals surface area contributed by atoms with Gasteiger partial charge in [0.1, 0.15) is 0 Å². The highest BCUT2D eigenvalue weighted by molar-refractivity contribution is 5.87. The van der Waals surface area contributed by atoms with Gasteiger partial charge in [0.2, 0.25) is 11.8 Å². The Hall–Kier alpha value is -2.65. The molecule has 0 saturated heterocycles. The van der Waals surface area contributed by atoms with Crippen LogP contribution in [0.15, 0.2) is 30.3 Å². The van der Waals surface area contributed by atoms with Crippen LogP contribution in [0.5, 0.6) is 0 Å². The Labute approximate surface area is 190 Å². The third-order valence-electron chi connectivity index (χ3n) is 4.94. The molecule has 1 aromatic carbocycles. The highest BCUT2D eigenvalue weighted by atomic mass is 16.3. The van der Waals surface area contributed by atoms with Crippen molar-refractivity contribution in [1.29, 1.82) is 0 Å². The van der Waals surface area contributed by atoms with Gasteiger partial charge in [-0.2, -0.15) is 0 Å². The maximum absolute atomic E-state index is 12.7. The number of nitrogens with zero attached hydrogens (tertiary/aromatic N) is 1. The number of urea groups is 1. The fraction of sp³-hybridized carbons (Fsp3) is 0.609. The third-order valence-corrected chi connectivity index (χ3v) is 4.94. The summed E-state index contributed by atoms with van der Waals surface area (Å²) >= 11 is 0. The van der Waals surface area contributed by atoms with Crippen LogP contribution in [0.1, 0.15) is 45.6 Å². The van der Waals surface area contributed by atoms with E-state index in [1.807, 2.05) is 51.1 Å². The lowest BCUT2D eigenvalue weighted by Crippen LogP contribution is -2.55. The molecule has 1 rings (SSSR count). The average molecular weight is 450 g/mol. The molecule has 0 aliphatic heterocycles. The summed E-state index contributed by atoms with van der Waals surface area (Å²) in [7, 11) is 0. The molecule has 0 radical (unpaired) electrons. The number of carbonyl (C=O) groups excluding carboxylic acids is 3. The molecule has 0 bridgehead atoms. The first kappa shape index (κ1) is 27.4. The number of hydrogen-bond donors (Lipinski definition) is 5. The van der Waals surface area contributed by atoms with Gasteiger partial charge in [-0.1, -0.05) is 57.5 Å². The zero-order valence-corrected chi connectivity index (χ0v) is 19.4. The molecule has 9 nitrogen and oxygen atoms in total. The van der Waals surface area contributed by atoms with E-state index >= 15 is 0 Å². The second kappa shape index (κ2) is 14.4. The monoisotopic (exact) mass is 449 g/mol. The van der Waals surface area contributed by atoms with Crippen LogP contribution in [-0.2, 0) is 16.0 Å². The van der Waals surface area contributed by atoms with Crippen LogP contribution in [0.25, 0.3) is 0 Å². The lowest BCUT2D eigenvalue weighted by atomic mass is 9.99. The molecule has 4 amide bonds. The van der Waals surface area contributed by atoms with Gasteiger partial charge in [0.05, 0.1) is 31.2 Å². The second-order valence-electron chi connectivity index (χ2n) is 8.53. The molecule has 0 spiro atoms. The van der Waals surface area contributed by atoms with E-state index in [9.17, 15) is 19.5 Å². The van der Waals surface area contributed by atoms with Gasteiger partial charge in [0.25, 0.3) is 0 Å². The molecule has 180 valence electrons. The molecule has 0 unspecified atom stereocenters. The van der Waals surface area contributed by atoms with Crippen molar-refractivity contribution >= 4 is 17.8 Å². The smallest absolute Gasteiger partial charge is 0.317 e. The van der Waals surface area contributed by atoms with E-state index in [1.165, 1.54) is 0 Å². The number of nitrogens with one attached hydrogen (secondary N) is 2.